The molecule has 3 aromatic rings. The van der Waals surface area contributed by atoms with Gasteiger partial charge >= 0.3 is 0 Å². The van der Waals surface area contributed by atoms with Crippen LogP contribution in [-0.2, 0) is 6.54 Å². The van der Waals surface area contributed by atoms with E-state index in [1.165, 1.54) is 18.1 Å². The number of fused-ring (bicyclic) bond motifs is 1. The van der Waals surface area contributed by atoms with E-state index in [1.807, 2.05) is 17.7 Å². The van der Waals surface area contributed by atoms with Crippen LogP contribution >= 0.6 is 35.0 Å². The molecule has 23 heavy (non-hydrogen) atoms. The first-order chi connectivity index (χ1) is 11.1. The van der Waals surface area contributed by atoms with Crippen LogP contribution in [-0.4, -0.2) is 33.1 Å². The zero-order valence-corrected chi connectivity index (χ0v) is 14.6. The number of likely N-dealkylation sites (N-methyl/N-ethyl adjacent to an activating group) is 1. The molecule has 0 saturated carbocycles. The van der Waals surface area contributed by atoms with E-state index in [2.05, 4.69) is 20.3 Å². The third kappa shape index (κ3) is 3.37. The second kappa shape index (κ2) is 6.92. The van der Waals surface area contributed by atoms with Crippen molar-refractivity contribution in [2.24, 2.45) is 0 Å². The van der Waals surface area contributed by atoms with E-state index < -0.39 is 0 Å². The first-order valence-corrected chi connectivity index (χ1v) is 8.41. The van der Waals surface area contributed by atoms with E-state index in [0.717, 1.165) is 16.6 Å². The minimum absolute atomic E-state index is 0.363. The number of nitrogen functional groups attached to an aromatic ring is 1. The molecule has 0 aliphatic rings. The molecule has 0 bridgehead atoms. The van der Waals surface area contributed by atoms with Gasteiger partial charge in [0.05, 0.1) is 5.02 Å². The highest BCUT2D eigenvalue weighted by Gasteiger charge is 2.16. The molecule has 0 saturated heterocycles. The van der Waals surface area contributed by atoms with Crippen LogP contribution in [0.4, 0.5) is 5.82 Å². The van der Waals surface area contributed by atoms with Crippen molar-refractivity contribution in [3.05, 3.63) is 34.6 Å². The van der Waals surface area contributed by atoms with Crippen molar-refractivity contribution in [1.82, 2.24) is 24.8 Å². The highest BCUT2D eigenvalue weighted by Crippen LogP contribution is 2.36. The molecule has 0 aliphatic heterocycles. The van der Waals surface area contributed by atoms with Gasteiger partial charge in [0.2, 0.25) is 0 Å². The van der Waals surface area contributed by atoms with Crippen molar-refractivity contribution in [3.63, 3.8) is 0 Å². The van der Waals surface area contributed by atoms with Crippen LogP contribution in [0.5, 0.6) is 0 Å². The summed E-state index contributed by atoms with van der Waals surface area (Å²) < 4.78 is 2.00. The van der Waals surface area contributed by atoms with Crippen LogP contribution in [0.3, 0.4) is 0 Å². The largest absolute Gasteiger partial charge is 0.382 e. The molecule has 0 radical (unpaired) electrons. The number of nitrogens with one attached hydrogen (secondary N) is 1. The third-order valence-electron chi connectivity index (χ3n) is 3.21. The van der Waals surface area contributed by atoms with Gasteiger partial charge in [-0.25, -0.2) is 15.0 Å². The summed E-state index contributed by atoms with van der Waals surface area (Å²) in [5, 5.41) is 5.05. The zero-order chi connectivity index (χ0) is 16.4. The summed E-state index contributed by atoms with van der Waals surface area (Å²) in [4.78, 5) is 13.8. The molecule has 0 spiro atoms. The van der Waals surface area contributed by atoms with Crippen LogP contribution in [0.1, 0.15) is 0 Å². The summed E-state index contributed by atoms with van der Waals surface area (Å²) in [5.74, 6) is 0.363. The Bertz CT molecular complexity index is 851. The summed E-state index contributed by atoms with van der Waals surface area (Å²) >= 11 is 13.7. The van der Waals surface area contributed by atoms with Gasteiger partial charge in [0, 0.05) is 23.0 Å². The van der Waals surface area contributed by atoms with Crippen LogP contribution in [0, 0.1) is 0 Å². The number of nitrogens with two attached hydrogens (primary N) is 1. The Morgan fingerprint density at radius 2 is 2.13 bits per heavy atom. The molecule has 0 atom stereocenters. The molecule has 3 N–H and O–H groups in total. The minimum atomic E-state index is 0.363. The summed E-state index contributed by atoms with van der Waals surface area (Å²) in [5.41, 5.74) is 7.22. The number of aromatic nitrogens is 4. The maximum atomic E-state index is 6.26. The molecule has 1 aromatic carbocycles. The molecule has 2 heterocycles. The second-order valence-corrected chi connectivity index (χ2v) is 6.61. The van der Waals surface area contributed by atoms with E-state index in [9.17, 15) is 0 Å². The standard InChI is InChI=1S/C14H14Cl2N6S/c1-18-4-5-22-13-11(12(17)19-7-20-13)21-14(22)23-10-3-2-8(15)6-9(10)16/h2-3,6-7,18H,4-5H2,1H3,(H2,17,19,20). The molecule has 0 aliphatic carbocycles. The predicted octanol–water partition coefficient (Wildman–Crippen LogP) is 3.09. The highest BCUT2D eigenvalue weighted by molar-refractivity contribution is 7.99. The molecule has 120 valence electrons. The summed E-state index contributed by atoms with van der Waals surface area (Å²) in [7, 11) is 1.89. The molecular weight excluding hydrogens is 355 g/mol. The number of hydrogen-bond acceptors (Lipinski definition) is 6. The third-order valence-corrected chi connectivity index (χ3v) is 4.94. The van der Waals surface area contributed by atoms with Crippen molar-refractivity contribution < 1.29 is 0 Å². The Morgan fingerprint density at radius 3 is 2.87 bits per heavy atom. The Hall–Kier alpha value is -1.54. The number of nitrogens with zero attached hydrogens (tertiary/aromatic N) is 4. The van der Waals surface area contributed by atoms with Crippen LogP contribution < -0.4 is 11.1 Å². The Kier molecular flexibility index (Phi) is 4.91. The van der Waals surface area contributed by atoms with Crippen molar-refractivity contribution >= 4 is 51.9 Å². The SMILES string of the molecule is CNCCn1c(Sc2ccc(Cl)cc2Cl)nc2c(N)ncnc21. The summed E-state index contributed by atoms with van der Waals surface area (Å²) in [6.45, 7) is 1.48. The molecule has 9 heteroatoms. The van der Waals surface area contributed by atoms with Crippen LogP contribution in [0.15, 0.2) is 34.6 Å². The highest BCUT2D eigenvalue weighted by atomic mass is 35.5. The fraction of sp³-hybridized carbons (Fsp3) is 0.214. The number of benzene rings is 1. The first-order valence-electron chi connectivity index (χ1n) is 6.84. The molecule has 0 fully saturated rings. The lowest BCUT2D eigenvalue weighted by atomic mass is 10.4. The Balaban J connectivity index is 2.06. The summed E-state index contributed by atoms with van der Waals surface area (Å²) in [6.07, 6.45) is 1.44. The van der Waals surface area contributed by atoms with E-state index in [4.69, 9.17) is 28.9 Å². The monoisotopic (exact) mass is 368 g/mol. The van der Waals surface area contributed by atoms with Crippen molar-refractivity contribution in [1.29, 1.82) is 0 Å². The number of anilines is 1. The minimum Gasteiger partial charge on any atom is -0.382 e. The van der Waals surface area contributed by atoms with Gasteiger partial charge in [-0.05, 0) is 25.2 Å². The average Bonchev–Trinajstić information content (AvgIpc) is 2.87. The van der Waals surface area contributed by atoms with E-state index in [0.29, 0.717) is 33.6 Å². The van der Waals surface area contributed by atoms with Crippen molar-refractivity contribution in [3.8, 4) is 0 Å². The van der Waals surface area contributed by atoms with Gasteiger partial charge in [0.15, 0.2) is 22.1 Å². The lowest BCUT2D eigenvalue weighted by Gasteiger charge is -2.08. The Morgan fingerprint density at radius 1 is 1.30 bits per heavy atom. The number of imidazole rings is 1. The van der Waals surface area contributed by atoms with Gasteiger partial charge in [-0.1, -0.05) is 35.0 Å². The molecular formula is C14H14Cl2N6S. The van der Waals surface area contributed by atoms with Gasteiger partial charge < -0.3 is 15.6 Å². The van der Waals surface area contributed by atoms with E-state index in [1.54, 1.807) is 12.1 Å². The van der Waals surface area contributed by atoms with E-state index in [-0.39, 0.29) is 0 Å². The molecule has 0 unspecified atom stereocenters. The summed E-state index contributed by atoms with van der Waals surface area (Å²) in [6, 6.07) is 5.37. The lowest BCUT2D eigenvalue weighted by molar-refractivity contribution is 0.610. The Labute approximate surface area is 147 Å². The first kappa shape index (κ1) is 16.3. The van der Waals surface area contributed by atoms with Crippen molar-refractivity contribution in [2.45, 2.75) is 16.6 Å². The topological polar surface area (TPSA) is 81.7 Å². The van der Waals surface area contributed by atoms with Crippen LogP contribution in [0.25, 0.3) is 11.2 Å². The quantitative estimate of drug-likeness (QED) is 0.719. The molecule has 6 nitrogen and oxygen atoms in total. The second-order valence-electron chi connectivity index (χ2n) is 4.76. The number of rotatable bonds is 5. The van der Waals surface area contributed by atoms with Gasteiger partial charge in [-0.15, -0.1) is 0 Å². The van der Waals surface area contributed by atoms with E-state index >= 15 is 0 Å². The normalized spacial score (nSPS) is 11.3. The average molecular weight is 369 g/mol. The van der Waals surface area contributed by atoms with Gasteiger partial charge in [-0.3, -0.25) is 0 Å². The lowest BCUT2D eigenvalue weighted by Crippen LogP contribution is -2.15. The molecule has 0 amide bonds. The fourth-order valence-corrected chi connectivity index (χ4v) is 3.53. The number of halogens is 2. The number of hydrogen-bond donors (Lipinski definition) is 2. The molecule has 3 rings (SSSR count). The maximum Gasteiger partial charge on any atom is 0.175 e. The smallest absolute Gasteiger partial charge is 0.175 e. The predicted molar refractivity (Wildman–Crippen MR) is 94.2 cm³/mol. The maximum absolute atomic E-state index is 6.26. The molecule has 2 aromatic heterocycles. The van der Waals surface area contributed by atoms with Gasteiger partial charge in [0.25, 0.3) is 0 Å². The van der Waals surface area contributed by atoms with Gasteiger partial charge in [0.1, 0.15) is 6.33 Å². The van der Waals surface area contributed by atoms with Crippen molar-refractivity contribution in [2.75, 3.05) is 19.3 Å². The fourth-order valence-electron chi connectivity index (χ4n) is 2.09. The van der Waals surface area contributed by atoms with Crippen LogP contribution in [0.2, 0.25) is 10.0 Å². The zero-order valence-electron chi connectivity index (χ0n) is 12.3. The van der Waals surface area contributed by atoms with Gasteiger partial charge in [-0.2, -0.15) is 0 Å².